The van der Waals surface area contributed by atoms with Crippen LogP contribution in [0.3, 0.4) is 0 Å². The maximum Gasteiger partial charge on any atom is 0.410 e. The molecular formula is C18H26N2O2. The van der Waals surface area contributed by atoms with E-state index in [1.54, 1.807) is 0 Å². The zero-order valence-corrected chi connectivity index (χ0v) is 13.8. The number of nitrogens with one attached hydrogen (secondary N) is 1. The molecule has 120 valence electrons. The molecule has 22 heavy (non-hydrogen) atoms. The van der Waals surface area contributed by atoms with Crippen molar-refractivity contribution in [3.8, 4) is 0 Å². The topological polar surface area (TPSA) is 41.6 Å². The molecule has 1 atom stereocenters. The molecule has 0 aromatic heterocycles. The van der Waals surface area contributed by atoms with E-state index in [-0.39, 0.29) is 6.09 Å². The van der Waals surface area contributed by atoms with Crippen LogP contribution in [0.4, 0.5) is 4.79 Å². The zero-order chi connectivity index (χ0) is 15.7. The van der Waals surface area contributed by atoms with Crippen LogP contribution in [0, 0.1) is 0 Å². The van der Waals surface area contributed by atoms with Gasteiger partial charge in [-0.25, -0.2) is 4.79 Å². The molecule has 0 radical (unpaired) electrons. The van der Waals surface area contributed by atoms with Crippen molar-refractivity contribution in [2.24, 2.45) is 0 Å². The SMILES string of the molecule is CC(C)(C)OC(=O)N1CCC(c2ccc3c(c2)CCNC3)C1. The molecule has 1 amide bonds. The standard InChI is InChI=1S/C18H26N2O2/c1-18(2,3)22-17(21)20-9-7-16(12-20)13-4-5-15-11-19-8-6-14(15)10-13/h4-5,10,16,19H,6-9,11-12H2,1-3H3. The normalized spacial score (nSPS) is 21.6. The van der Waals surface area contributed by atoms with Crippen molar-refractivity contribution < 1.29 is 9.53 Å². The van der Waals surface area contributed by atoms with Crippen molar-refractivity contribution in [1.29, 1.82) is 0 Å². The summed E-state index contributed by atoms with van der Waals surface area (Å²) < 4.78 is 5.48. The number of hydrogen-bond donors (Lipinski definition) is 1. The van der Waals surface area contributed by atoms with Crippen LogP contribution in [-0.2, 0) is 17.7 Å². The summed E-state index contributed by atoms with van der Waals surface area (Å²) in [7, 11) is 0. The molecule has 3 rings (SSSR count). The van der Waals surface area contributed by atoms with Gasteiger partial charge in [0, 0.05) is 25.6 Å². The number of ether oxygens (including phenoxy) is 1. The summed E-state index contributed by atoms with van der Waals surface area (Å²) >= 11 is 0. The summed E-state index contributed by atoms with van der Waals surface area (Å²) in [6.45, 7) is 9.33. The first-order valence-corrected chi connectivity index (χ1v) is 8.23. The Kier molecular flexibility index (Phi) is 4.13. The second kappa shape index (κ2) is 5.92. The van der Waals surface area contributed by atoms with Gasteiger partial charge in [0.25, 0.3) is 0 Å². The first-order valence-electron chi connectivity index (χ1n) is 8.23. The van der Waals surface area contributed by atoms with E-state index in [9.17, 15) is 4.79 Å². The van der Waals surface area contributed by atoms with Gasteiger partial charge in [-0.05, 0) is 56.8 Å². The van der Waals surface area contributed by atoms with Gasteiger partial charge in [0.2, 0.25) is 0 Å². The predicted molar refractivity (Wildman–Crippen MR) is 87.0 cm³/mol. The van der Waals surface area contributed by atoms with E-state index in [2.05, 4.69) is 23.5 Å². The highest BCUT2D eigenvalue weighted by atomic mass is 16.6. The van der Waals surface area contributed by atoms with E-state index < -0.39 is 5.60 Å². The Morgan fingerprint density at radius 3 is 2.91 bits per heavy atom. The molecule has 2 heterocycles. The van der Waals surface area contributed by atoms with Crippen LogP contribution in [-0.4, -0.2) is 36.2 Å². The second-order valence-electron chi connectivity index (χ2n) is 7.37. The fourth-order valence-corrected chi connectivity index (χ4v) is 3.28. The number of rotatable bonds is 1. The molecular weight excluding hydrogens is 276 g/mol. The van der Waals surface area contributed by atoms with E-state index >= 15 is 0 Å². The van der Waals surface area contributed by atoms with Crippen molar-refractivity contribution in [3.05, 3.63) is 34.9 Å². The molecule has 2 aliphatic rings. The number of carbonyl (C=O) groups excluding carboxylic acids is 1. The molecule has 0 aliphatic carbocycles. The van der Waals surface area contributed by atoms with Crippen LogP contribution >= 0.6 is 0 Å². The number of benzene rings is 1. The smallest absolute Gasteiger partial charge is 0.410 e. The summed E-state index contributed by atoms with van der Waals surface area (Å²) in [4.78, 5) is 14.0. The summed E-state index contributed by atoms with van der Waals surface area (Å²) in [6.07, 6.45) is 1.94. The maximum absolute atomic E-state index is 12.2. The Balaban J connectivity index is 1.66. The molecule has 0 bridgehead atoms. The summed E-state index contributed by atoms with van der Waals surface area (Å²) in [6, 6.07) is 6.82. The Hall–Kier alpha value is -1.55. The molecule has 2 aliphatic heterocycles. The van der Waals surface area contributed by atoms with Crippen molar-refractivity contribution in [1.82, 2.24) is 10.2 Å². The Labute approximate surface area is 132 Å². The van der Waals surface area contributed by atoms with Gasteiger partial charge in [0.15, 0.2) is 0 Å². The molecule has 1 aromatic carbocycles. The van der Waals surface area contributed by atoms with Gasteiger partial charge in [0.1, 0.15) is 5.60 Å². The molecule has 0 saturated carbocycles. The lowest BCUT2D eigenvalue weighted by atomic mass is 9.92. The highest BCUT2D eigenvalue weighted by molar-refractivity contribution is 5.68. The number of nitrogens with zero attached hydrogens (tertiary/aromatic N) is 1. The molecule has 4 heteroatoms. The first-order chi connectivity index (χ1) is 10.4. The van der Waals surface area contributed by atoms with Crippen LogP contribution in [0.2, 0.25) is 0 Å². The molecule has 1 unspecified atom stereocenters. The van der Waals surface area contributed by atoms with Crippen molar-refractivity contribution in [2.75, 3.05) is 19.6 Å². The summed E-state index contributed by atoms with van der Waals surface area (Å²) in [5.41, 5.74) is 3.82. The van der Waals surface area contributed by atoms with E-state index in [0.29, 0.717) is 5.92 Å². The summed E-state index contributed by atoms with van der Waals surface area (Å²) in [5.74, 6) is 0.438. The Morgan fingerprint density at radius 2 is 2.14 bits per heavy atom. The van der Waals surface area contributed by atoms with Crippen molar-refractivity contribution in [2.45, 2.75) is 51.7 Å². The van der Waals surface area contributed by atoms with Crippen LogP contribution < -0.4 is 5.32 Å². The third kappa shape index (κ3) is 3.43. The number of amides is 1. The van der Waals surface area contributed by atoms with Gasteiger partial charge in [-0.15, -0.1) is 0 Å². The largest absolute Gasteiger partial charge is 0.444 e. The van der Waals surface area contributed by atoms with Gasteiger partial charge in [0.05, 0.1) is 0 Å². The lowest BCUT2D eigenvalue weighted by Gasteiger charge is -2.24. The average molecular weight is 302 g/mol. The molecule has 1 aromatic rings. The molecule has 0 spiro atoms. The van der Waals surface area contributed by atoms with Crippen LogP contribution in [0.5, 0.6) is 0 Å². The van der Waals surface area contributed by atoms with E-state index in [0.717, 1.165) is 39.0 Å². The van der Waals surface area contributed by atoms with Gasteiger partial charge in [-0.2, -0.15) is 0 Å². The highest BCUT2D eigenvalue weighted by Crippen LogP contribution is 2.30. The minimum Gasteiger partial charge on any atom is -0.444 e. The third-order valence-corrected chi connectivity index (χ3v) is 4.43. The Bertz CT molecular complexity index is 563. The maximum atomic E-state index is 12.2. The third-order valence-electron chi connectivity index (χ3n) is 4.43. The average Bonchev–Trinajstić information content (AvgIpc) is 2.95. The van der Waals surface area contributed by atoms with Gasteiger partial charge in [-0.1, -0.05) is 18.2 Å². The van der Waals surface area contributed by atoms with Gasteiger partial charge >= 0.3 is 6.09 Å². The van der Waals surface area contributed by atoms with Crippen molar-refractivity contribution in [3.63, 3.8) is 0 Å². The van der Waals surface area contributed by atoms with Crippen molar-refractivity contribution >= 4 is 6.09 Å². The molecule has 1 fully saturated rings. The monoisotopic (exact) mass is 302 g/mol. The highest BCUT2D eigenvalue weighted by Gasteiger charge is 2.30. The number of likely N-dealkylation sites (tertiary alicyclic amines) is 1. The molecule has 4 nitrogen and oxygen atoms in total. The zero-order valence-electron chi connectivity index (χ0n) is 13.8. The lowest BCUT2D eigenvalue weighted by molar-refractivity contribution is 0.0292. The lowest BCUT2D eigenvalue weighted by Crippen LogP contribution is -2.35. The second-order valence-corrected chi connectivity index (χ2v) is 7.37. The van der Waals surface area contributed by atoms with E-state index in [1.165, 1.54) is 16.7 Å². The van der Waals surface area contributed by atoms with Crippen LogP contribution in [0.1, 0.15) is 49.8 Å². The number of hydrogen-bond acceptors (Lipinski definition) is 3. The predicted octanol–water partition coefficient (Wildman–Crippen LogP) is 3.06. The van der Waals surface area contributed by atoms with Crippen LogP contribution in [0.25, 0.3) is 0 Å². The number of carbonyl (C=O) groups is 1. The quantitative estimate of drug-likeness (QED) is 0.867. The first kappa shape index (κ1) is 15.3. The fraction of sp³-hybridized carbons (Fsp3) is 0.611. The van der Waals surface area contributed by atoms with E-state index in [4.69, 9.17) is 4.74 Å². The minimum atomic E-state index is -0.423. The minimum absolute atomic E-state index is 0.183. The van der Waals surface area contributed by atoms with E-state index in [1.807, 2.05) is 25.7 Å². The number of fused-ring (bicyclic) bond motifs is 1. The van der Waals surface area contributed by atoms with Gasteiger partial charge in [-0.3, -0.25) is 0 Å². The van der Waals surface area contributed by atoms with Crippen LogP contribution in [0.15, 0.2) is 18.2 Å². The molecule has 1 N–H and O–H groups in total. The molecule has 1 saturated heterocycles. The Morgan fingerprint density at radius 1 is 1.32 bits per heavy atom. The van der Waals surface area contributed by atoms with Gasteiger partial charge < -0.3 is 15.0 Å². The fourth-order valence-electron chi connectivity index (χ4n) is 3.28. The summed E-state index contributed by atoms with van der Waals surface area (Å²) in [5, 5.41) is 3.40.